The highest BCUT2D eigenvalue weighted by Crippen LogP contribution is 2.18. The van der Waals surface area contributed by atoms with Gasteiger partial charge in [0.2, 0.25) is 0 Å². The molecule has 4 nitrogen and oxygen atoms in total. The summed E-state index contributed by atoms with van der Waals surface area (Å²) in [6.45, 7) is 6.01. The molecule has 0 bridgehead atoms. The Balaban J connectivity index is 0. The van der Waals surface area contributed by atoms with Gasteiger partial charge in [0.05, 0.1) is 18.6 Å². The van der Waals surface area contributed by atoms with Gasteiger partial charge in [-0.2, -0.15) is 13.2 Å². The van der Waals surface area contributed by atoms with E-state index in [1.54, 1.807) is 0 Å². The molecule has 8 heteroatoms. The summed E-state index contributed by atoms with van der Waals surface area (Å²) >= 11 is 0. The minimum absolute atomic E-state index is 0. The molecular formula is C12H25F3IN3O. The number of hydrogen-bond acceptors (Lipinski definition) is 2. The van der Waals surface area contributed by atoms with Gasteiger partial charge >= 0.3 is 6.18 Å². The Bertz CT molecular complexity index is 282. The van der Waals surface area contributed by atoms with Crippen LogP contribution in [-0.2, 0) is 0 Å². The van der Waals surface area contributed by atoms with Crippen LogP contribution >= 0.6 is 24.0 Å². The van der Waals surface area contributed by atoms with Crippen molar-refractivity contribution in [3.05, 3.63) is 0 Å². The van der Waals surface area contributed by atoms with Crippen molar-refractivity contribution >= 4 is 29.9 Å². The van der Waals surface area contributed by atoms with Crippen molar-refractivity contribution in [3.8, 4) is 0 Å². The first-order chi connectivity index (χ1) is 8.76. The number of nitrogens with zero attached hydrogens (tertiary/aromatic N) is 1. The second-order valence-electron chi connectivity index (χ2n) is 4.42. The first kappa shape index (κ1) is 22.0. The summed E-state index contributed by atoms with van der Waals surface area (Å²) in [5.41, 5.74) is -0.896. The monoisotopic (exact) mass is 411 g/mol. The third-order valence-electron chi connectivity index (χ3n) is 2.89. The molecule has 0 aliphatic heterocycles. The van der Waals surface area contributed by atoms with Gasteiger partial charge in [0, 0.05) is 13.1 Å². The predicted molar refractivity (Wildman–Crippen MR) is 85.6 cm³/mol. The largest absolute Gasteiger partial charge is 0.390 e. The number of hydrogen-bond donors (Lipinski definition) is 3. The van der Waals surface area contributed by atoms with Crippen LogP contribution in [0.1, 0.15) is 40.0 Å². The van der Waals surface area contributed by atoms with Gasteiger partial charge < -0.3 is 15.7 Å². The fourth-order valence-corrected chi connectivity index (χ4v) is 1.36. The summed E-state index contributed by atoms with van der Waals surface area (Å²) in [6.07, 6.45) is -3.99. The summed E-state index contributed by atoms with van der Waals surface area (Å²) < 4.78 is 36.1. The van der Waals surface area contributed by atoms with Crippen LogP contribution in [0.5, 0.6) is 0 Å². The molecule has 3 N–H and O–H groups in total. The molecule has 0 atom stereocenters. The van der Waals surface area contributed by atoms with Gasteiger partial charge in [-0.05, 0) is 19.8 Å². The minimum atomic E-state index is -4.18. The van der Waals surface area contributed by atoms with Crippen LogP contribution in [0.25, 0.3) is 0 Å². The van der Waals surface area contributed by atoms with E-state index in [-0.39, 0.29) is 37.1 Å². The van der Waals surface area contributed by atoms with E-state index in [2.05, 4.69) is 15.6 Å². The van der Waals surface area contributed by atoms with Crippen molar-refractivity contribution in [1.82, 2.24) is 10.6 Å². The Morgan fingerprint density at radius 2 is 1.65 bits per heavy atom. The summed E-state index contributed by atoms with van der Waals surface area (Å²) in [6, 6.07) is 0. The first-order valence-electron chi connectivity index (χ1n) is 6.57. The molecule has 0 saturated carbocycles. The van der Waals surface area contributed by atoms with E-state index < -0.39 is 18.2 Å². The molecule has 0 rings (SSSR count). The SMILES string of the molecule is CCNC(=NCC(O)(CC)CC)NCCC(F)(F)F.I. The molecular weight excluding hydrogens is 386 g/mol. The van der Waals surface area contributed by atoms with Gasteiger partial charge in [0.25, 0.3) is 0 Å². The molecule has 0 aliphatic rings. The van der Waals surface area contributed by atoms with E-state index in [1.807, 2.05) is 20.8 Å². The van der Waals surface area contributed by atoms with E-state index in [9.17, 15) is 18.3 Å². The van der Waals surface area contributed by atoms with Gasteiger partial charge in [-0.25, -0.2) is 0 Å². The van der Waals surface area contributed by atoms with Gasteiger partial charge in [-0.3, -0.25) is 4.99 Å². The van der Waals surface area contributed by atoms with E-state index in [4.69, 9.17) is 0 Å². The highest BCUT2D eigenvalue weighted by Gasteiger charge is 2.26. The molecule has 0 amide bonds. The van der Waals surface area contributed by atoms with Crippen LogP contribution < -0.4 is 10.6 Å². The number of guanidine groups is 1. The molecule has 0 fully saturated rings. The van der Waals surface area contributed by atoms with Crippen molar-refractivity contribution < 1.29 is 18.3 Å². The number of rotatable bonds is 7. The Morgan fingerprint density at radius 3 is 2.05 bits per heavy atom. The number of alkyl halides is 3. The molecule has 20 heavy (non-hydrogen) atoms. The molecule has 0 heterocycles. The van der Waals surface area contributed by atoms with Crippen molar-refractivity contribution in [2.24, 2.45) is 4.99 Å². The van der Waals surface area contributed by atoms with Crippen LogP contribution in [0.15, 0.2) is 4.99 Å². The molecule has 0 aromatic rings. The maximum atomic E-state index is 12.0. The van der Waals surface area contributed by atoms with Crippen molar-refractivity contribution in [2.45, 2.75) is 51.8 Å². The topological polar surface area (TPSA) is 56.7 Å². The second-order valence-corrected chi connectivity index (χ2v) is 4.42. The van der Waals surface area contributed by atoms with E-state index in [1.165, 1.54) is 0 Å². The third-order valence-corrected chi connectivity index (χ3v) is 2.89. The molecule has 122 valence electrons. The fourth-order valence-electron chi connectivity index (χ4n) is 1.36. The average Bonchev–Trinajstić information content (AvgIpc) is 2.34. The number of aliphatic imine (C=N–C) groups is 1. The molecule has 0 radical (unpaired) electrons. The molecule has 0 aromatic heterocycles. The zero-order valence-corrected chi connectivity index (χ0v) is 14.5. The van der Waals surface area contributed by atoms with E-state index in [0.29, 0.717) is 25.3 Å². The van der Waals surface area contributed by atoms with Gasteiger partial charge in [-0.1, -0.05) is 13.8 Å². The predicted octanol–water partition coefficient (Wildman–Crippen LogP) is 2.66. The molecule has 0 unspecified atom stereocenters. The van der Waals surface area contributed by atoms with Crippen LogP contribution in [0.2, 0.25) is 0 Å². The summed E-state index contributed by atoms with van der Waals surface area (Å²) in [5.74, 6) is 0.298. The zero-order valence-electron chi connectivity index (χ0n) is 12.2. The van der Waals surface area contributed by atoms with Gasteiger partial charge in [0.1, 0.15) is 0 Å². The van der Waals surface area contributed by atoms with E-state index >= 15 is 0 Å². The summed E-state index contributed by atoms with van der Waals surface area (Å²) in [7, 11) is 0. The molecule has 0 spiro atoms. The van der Waals surface area contributed by atoms with Crippen LogP contribution in [0.4, 0.5) is 13.2 Å². The lowest BCUT2D eigenvalue weighted by molar-refractivity contribution is -0.132. The smallest absolute Gasteiger partial charge is 0.388 e. The lowest BCUT2D eigenvalue weighted by atomic mass is 9.98. The standard InChI is InChI=1S/C12H24F3N3O.HI/c1-4-11(19,5-2)9-18-10(16-6-3)17-8-7-12(13,14)15;/h19H,4-9H2,1-3H3,(H2,16,17,18);1H. The molecule has 0 aliphatic carbocycles. The highest BCUT2D eigenvalue weighted by molar-refractivity contribution is 14.0. The molecule has 0 aromatic carbocycles. The minimum Gasteiger partial charge on any atom is -0.388 e. The number of nitrogens with one attached hydrogen (secondary N) is 2. The summed E-state index contributed by atoms with van der Waals surface area (Å²) in [4.78, 5) is 4.12. The quantitative estimate of drug-likeness (QED) is 0.343. The average molecular weight is 411 g/mol. The van der Waals surface area contributed by atoms with Gasteiger partial charge in [-0.15, -0.1) is 24.0 Å². The first-order valence-corrected chi connectivity index (χ1v) is 6.57. The zero-order chi connectivity index (χ0) is 14.9. The number of aliphatic hydroxyl groups is 1. The maximum absolute atomic E-state index is 12.0. The molecule has 0 saturated heterocycles. The summed E-state index contributed by atoms with van der Waals surface area (Å²) in [5, 5.41) is 15.5. The second kappa shape index (κ2) is 10.5. The fraction of sp³-hybridized carbons (Fsp3) is 0.917. The van der Waals surface area contributed by atoms with E-state index in [0.717, 1.165) is 0 Å². The Kier molecular flexibility index (Phi) is 11.5. The lowest BCUT2D eigenvalue weighted by Gasteiger charge is -2.23. The maximum Gasteiger partial charge on any atom is 0.390 e. The third kappa shape index (κ3) is 10.5. The Morgan fingerprint density at radius 1 is 1.10 bits per heavy atom. The Labute approximate surface area is 135 Å². The van der Waals surface area contributed by atoms with Crippen LogP contribution in [0.3, 0.4) is 0 Å². The lowest BCUT2D eigenvalue weighted by Crippen LogP contribution is -2.41. The van der Waals surface area contributed by atoms with Crippen molar-refractivity contribution in [1.29, 1.82) is 0 Å². The van der Waals surface area contributed by atoms with Crippen LogP contribution in [-0.4, -0.2) is 42.5 Å². The Hall–Kier alpha value is -0.250. The van der Waals surface area contributed by atoms with Crippen LogP contribution in [0, 0.1) is 0 Å². The normalized spacial score (nSPS) is 12.8. The van der Waals surface area contributed by atoms with Crippen molar-refractivity contribution in [3.63, 3.8) is 0 Å². The highest BCUT2D eigenvalue weighted by atomic mass is 127. The van der Waals surface area contributed by atoms with Crippen molar-refractivity contribution in [2.75, 3.05) is 19.6 Å². The number of halogens is 4. The van der Waals surface area contributed by atoms with Gasteiger partial charge in [0.15, 0.2) is 5.96 Å².